The topological polar surface area (TPSA) is 68.7 Å². The SMILES string of the molecule is COc1ccc(-c2nc(C(=O)O)cs2)c(OCc2ccc(C)cc2)c1. The highest BCUT2D eigenvalue weighted by Crippen LogP contribution is 2.35. The standard InChI is InChI=1S/C19H17NO4S/c1-12-3-5-13(6-4-12)10-24-17-9-14(23-2)7-8-15(17)18-20-16(11-25-18)19(21)22/h3-9,11H,10H2,1-2H3,(H,21,22). The van der Waals surface area contributed by atoms with E-state index in [4.69, 9.17) is 14.6 Å². The van der Waals surface area contributed by atoms with Gasteiger partial charge in [0.1, 0.15) is 23.1 Å². The van der Waals surface area contributed by atoms with Crippen molar-refractivity contribution in [3.8, 4) is 22.1 Å². The molecule has 0 amide bonds. The van der Waals surface area contributed by atoms with Gasteiger partial charge >= 0.3 is 5.97 Å². The van der Waals surface area contributed by atoms with E-state index in [0.29, 0.717) is 23.1 Å². The molecule has 0 spiro atoms. The lowest BCUT2D eigenvalue weighted by atomic mass is 10.1. The Morgan fingerprint density at radius 3 is 2.60 bits per heavy atom. The van der Waals surface area contributed by atoms with Crippen LogP contribution in [0.3, 0.4) is 0 Å². The molecule has 0 fully saturated rings. The number of hydrogen-bond acceptors (Lipinski definition) is 5. The fourth-order valence-corrected chi connectivity index (χ4v) is 3.09. The Labute approximate surface area is 149 Å². The maximum Gasteiger partial charge on any atom is 0.355 e. The second-order valence-electron chi connectivity index (χ2n) is 5.48. The number of thiazole rings is 1. The Morgan fingerprint density at radius 2 is 1.96 bits per heavy atom. The van der Waals surface area contributed by atoms with Crippen LogP contribution in [0.25, 0.3) is 10.6 Å². The summed E-state index contributed by atoms with van der Waals surface area (Å²) in [4.78, 5) is 15.2. The van der Waals surface area contributed by atoms with Crippen LogP contribution in [0.5, 0.6) is 11.5 Å². The van der Waals surface area contributed by atoms with Crippen LogP contribution in [-0.4, -0.2) is 23.2 Å². The first kappa shape index (κ1) is 17.0. The molecule has 0 radical (unpaired) electrons. The van der Waals surface area contributed by atoms with E-state index in [0.717, 1.165) is 11.1 Å². The highest BCUT2D eigenvalue weighted by molar-refractivity contribution is 7.13. The van der Waals surface area contributed by atoms with Crippen molar-refractivity contribution in [2.24, 2.45) is 0 Å². The van der Waals surface area contributed by atoms with E-state index in [1.807, 2.05) is 37.3 Å². The molecule has 2 aromatic carbocycles. The number of carboxylic acids is 1. The van der Waals surface area contributed by atoms with Crippen LogP contribution in [0.2, 0.25) is 0 Å². The number of aryl methyl sites for hydroxylation is 1. The Morgan fingerprint density at radius 1 is 1.20 bits per heavy atom. The number of carbonyl (C=O) groups is 1. The first-order valence-electron chi connectivity index (χ1n) is 7.62. The molecule has 128 valence electrons. The van der Waals surface area contributed by atoms with Crippen LogP contribution in [0.1, 0.15) is 21.6 Å². The Hall–Kier alpha value is -2.86. The lowest BCUT2D eigenvalue weighted by Gasteiger charge is -2.12. The van der Waals surface area contributed by atoms with Crippen molar-refractivity contribution >= 4 is 17.3 Å². The molecule has 3 aromatic rings. The van der Waals surface area contributed by atoms with Crippen LogP contribution in [-0.2, 0) is 6.61 Å². The van der Waals surface area contributed by atoms with Gasteiger partial charge in [0.15, 0.2) is 5.69 Å². The molecule has 1 N–H and O–H groups in total. The van der Waals surface area contributed by atoms with Crippen molar-refractivity contribution in [3.05, 3.63) is 64.7 Å². The zero-order chi connectivity index (χ0) is 17.8. The van der Waals surface area contributed by atoms with Crippen LogP contribution in [0.4, 0.5) is 0 Å². The summed E-state index contributed by atoms with van der Waals surface area (Å²) >= 11 is 1.27. The molecule has 0 saturated heterocycles. The van der Waals surface area contributed by atoms with E-state index in [1.54, 1.807) is 19.2 Å². The van der Waals surface area contributed by atoms with E-state index in [1.165, 1.54) is 22.3 Å². The summed E-state index contributed by atoms with van der Waals surface area (Å²) in [7, 11) is 1.59. The molecule has 25 heavy (non-hydrogen) atoms. The van der Waals surface area contributed by atoms with Crippen LogP contribution in [0.15, 0.2) is 47.8 Å². The summed E-state index contributed by atoms with van der Waals surface area (Å²) in [5.74, 6) is 0.224. The van der Waals surface area contributed by atoms with Crippen LogP contribution in [0, 0.1) is 6.92 Å². The van der Waals surface area contributed by atoms with Crippen molar-refractivity contribution in [1.29, 1.82) is 0 Å². The molecular weight excluding hydrogens is 338 g/mol. The minimum atomic E-state index is -1.04. The highest BCUT2D eigenvalue weighted by Gasteiger charge is 2.15. The number of benzene rings is 2. The number of aromatic carboxylic acids is 1. The molecule has 0 aliphatic carbocycles. The molecule has 0 saturated carbocycles. The van der Waals surface area contributed by atoms with Crippen molar-refractivity contribution in [1.82, 2.24) is 4.98 Å². The fraction of sp³-hybridized carbons (Fsp3) is 0.158. The molecule has 0 aliphatic rings. The second kappa shape index (κ2) is 7.36. The fourth-order valence-electron chi connectivity index (χ4n) is 2.27. The van der Waals surface area contributed by atoms with Gasteiger partial charge in [0.05, 0.1) is 12.7 Å². The maximum atomic E-state index is 11.1. The monoisotopic (exact) mass is 355 g/mol. The summed E-state index contributed by atoms with van der Waals surface area (Å²) in [5, 5.41) is 11.2. The van der Waals surface area contributed by atoms with Gasteiger partial charge in [0, 0.05) is 11.4 Å². The van der Waals surface area contributed by atoms with Gasteiger partial charge in [-0.15, -0.1) is 11.3 Å². The average Bonchev–Trinajstić information content (AvgIpc) is 3.11. The quantitative estimate of drug-likeness (QED) is 0.709. The molecule has 0 atom stereocenters. The number of carboxylic acid groups (broad SMARTS) is 1. The predicted molar refractivity (Wildman–Crippen MR) is 96.6 cm³/mol. The summed E-state index contributed by atoms with van der Waals surface area (Å²) in [6, 6.07) is 13.5. The van der Waals surface area contributed by atoms with Gasteiger partial charge in [0.2, 0.25) is 0 Å². The third-order valence-electron chi connectivity index (χ3n) is 3.66. The van der Waals surface area contributed by atoms with Crippen molar-refractivity contribution < 1.29 is 19.4 Å². The summed E-state index contributed by atoms with van der Waals surface area (Å²) in [6.45, 7) is 2.44. The zero-order valence-electron chi connectivity index (χ0n) is 13.9. The molecule has 0 aliphatic heterocycles. The normalized spacial score (nSPS) is 10.5. The average molecular weight is 355 g/mol. The molecule has 3 rings (SSSR count). The van der Waals surface area contributed by atoms with Gasteiger partial charge < -0.3 is 14.6 Å². The predicted octanol–water partition coefficient (Wildman–Crippen LogP) is 4.40. The summed E-state index contributed by atoms with van der Waals surface area (Å²) in [6.07, 6.45) is 0. The number of ether oxygens (including phenoxy) is 2. The molecule has 5 nitrogen and oxygen atoms in total. The number of rotatable bonds is 6. The van der Waals surface area contributed by atoms with Gasteiger partial charge in [0.25, 0.3) is 0 Å². The van der Waals surface area contributed by atoms with Crippen LogP contribution < -0.4 is 9.47 Å². The number of aromatic nitrogens is 1. The van der Waals surface area contributed by atoms with E-state index in [2.05, 4.69) is 4.98 Å². The van der Waals surface area contributed by atoms with Crippen molar-refractivity contribution in [3.63, 3.8) is 0 Å². The molecule has 1 heterocycles. The van der Waals surface area contributed by atoms with E-state index in [-0.39, 0.29) is 5.69 Å². The van der Waals surface area contributed by atoms with Crippen molar-refractivity contribution in [2.75, 3.05) is 7.11 Å². The lowest BCUT2D eigenvalue weighted by Crippen LogP contribution is -1.99. The third-order valence-corrected chi connectivity index (χ3v) is 4.53. The minimum Gasteiger partial charge on any atom is -0.497 e. The summed E-state index contributed by atoms with van der Waals surface area (Å²) in [5.41, 5.74) is 3.00. The van der Waals surface area contributed by atoms with Gasteiger partial charge in [-0.05, 0) is 24.6 Å². The smallest absolute Gasteiger partial charge is 0.355 e. The van der Waals surface area contributed by atoms with Gasteiger partial charge in [-0.3, -0.25) is 0 Å². The first-order valence-corrected chi connectivity index (χ1v) is 8.50. The zero-order valence-corrected chi connectivity index (χ0v) is 14.7. The molecular formula is C19H17NO4S. The highest BCUT2D eigenvalue weighted by atomic mass is 32.1. The molecule has 0 unspecified atom stereocenters. The second-order valence-corrected chi connectivity index (χ2v) is 6.34. The van der Waals surface area contributed by atoms with Gasteiger partial charge in [-0.25, -0.2) is 9.78 Å². The van der Waals surface area contributed by atoms with Gasteiger partial charge in [-0.1, -0.05) is 29.8 Å². The summed E-state index contributed by atoms with van der Waals surface area (Å²) < 4.78 is 11.2. The largest absolute Gasteiger partial charge is 0.497 e. The third kappa shape index (κ3) is 3.97. The maximum absolute atomic E-state index is 11.1. The number of methoxy groups -OCH3 is 1. The van der Waals surface area contributed by atoms with Crippen LogP contribution >= 0.6 is 11.3 Å². The first-order chi connectivity index (χ1) is 12.1. The number of hydrogen-bond donors (Lipinski definition) is 1. The van der Waals surface area contributed by atoms with E-state index >= 15 is 0 Å². The van der Waals surface area contributed by atoms with Crippen molar-refractivity contribution in [2.45, 2.75) is 13.5 Å². The van der Waals surface area contributed by atoms with E-state index < -0.39 is 5.97 Å². The minimum absolute atomic E-state index is 0.0281. The van der Waals surface area contributed by atoms with E-state index in [9.17, 15) is 4.79 Å². The molecule has 1 aromatic heterocycles. The Bertz CT molecular complexity index is 887. The van der Waals surface area contributed by atoms with Gasteiger partial charge in [-0.2, -0.15) is 0 Å². The molecule has 0 bridgehead atoms. The lowest BCUT2D eigenvalue weighted by molar-refractivity contribution is 0.0691. The Kier molecular flexibility index (Phi) is 5.00. The molecule has 6 heteroatoms. The Balaban J connectivity index is 1.89. The number of nitrogens with zero attached hydrogens (tertiary/aromatic N) is 1.